The Kier molecular flexibility index (Phi) is 9.36. The largest absolute Gasteiger partial charge is 0.488 e. The van der Waals surface area contributed by atoms with E-state index < -0.39 is 34.0 Å². The Hall–Kier alpha value is -4.17. The number of anilines is 2. The Bertz CT molecular complexity index is 1530. The number of fused-ring (bicyclic) bond motifs is 1. The number of hydrogen-bond acceptors (Lipinski definition) is 7. The molecule has 2 heterocycles. The highest BCUT2D eigenvalue weighted by Crippen LogP contribution is 2.30. The topological polar surface area (TPSA) is 146 Å². The van der Waals surface area contributed by atoms with Crippen molar-refractivity contribution in [2.75, 3.05) is 36.8 Å². The Morgan fingerprint density at radius 2 is 1.93 bits per heavy atom. The molecule has 0 fully saturated rings. The molecule has 0 unspecified atom stereocenters. The lowest BCUT2D eigenvalue weighted by Gasteiger charge is -2.34. The molecule has 3 N–H and O–H groups in total. The highest BCUT2D eigenvalue weighted by Gasteiger charge is 2.32. The molecular weight excluding hydrogens is 567 g/mol. The fourth-order valence-electron chi connectivity index (χ4n) is 4.55. The molecule has 226 valence electrons. The van der Waals surface area contributed by atoms with Crippen LogP contribution in [0.15, 0.2) is 60.0 Å². The van der Waals surface area contributed by atoms with E-state index in [1.807, 2.05) is 6.92 Å². The van der Waals surface area contributed by atoms with Crippen LogP contribution in [0.3, 0.4) is 0 Å². The Labute approximate surface area is 244 Å². The number of hydrogen-bond donors (Lipinski definition) is 3. The van der Waals surface area contributed by atoms with Gasteiger partial charge in [0, 0.05) is 49.7 Å². The summed E-state index contributed by atoms with van der Waals surface area (Å²) >= 11 is 0. The van der Waals surface area contributed by atoms with Gasteiger partial charge in [-0.1, -0.05) is 6.92 Å². The summed E-state index contributed by atoms with van der Waals surface area (Å²) in [6, 6.07) is 9.13. The van der Waals surface area contributed by atoms with Crippen molar-refractivity contribution in [3.8, 4) is 5.75 Å². The smallest absolute Gasteiger partial charge is 0.321 e. The van der Waals surface area contributed by atoms with Crippen molar-refractivity contribution in [3.63, 3.8) is 0 Å². The average Bonchev–Trinajstić information content (AvgIpc) is 3.41. The summed E-state index contributed by atoms with van der Waals surface area (Å²) in [5.74, 6) is -0.582. The molecule has 3 amide bonds. The van der Waals surface area contributed by atoms with Crippen molar-refractivity contribution < 1.29 is 32.2 Å². The maximum Gasteiger partial charge on any atom is 0.321 e. The van der Waals surface area contributed by atoms with Gasteiger partial charge in [0.05, 0.1) is 31.9 Å². The summed E-state index contributed by atoms with van der Waals surface area (Å²) in [6.07, 6.45) is 2.07. The summed E-state index contributed by atoms with van der Waals surface area (Å²) < 4.78 is 49.4. The molecule has 0 saturated carbocycles. The number of nitrogens with zero attached hydrogens (tertiary/aromatic N) is 4. The van der Waals surface area contributed by atoms with E-state index in [0.29, 0.717) is 17.0 Å². The molecule has 3 atom stereocenters. The van der Waals surface area contributed by atoms with Crippen molar-refractivity contribution in [2.24, 2.45) is 13.0 Å². The Balaban J connectivity index is 1.61. The van der Waals surface area contributed by atoms with Gasteiger partial charge in [-0.25, -0.2) is 14.2 Å². The van der Waals surface area contributed by atoms with Crippen LogP contribution in [0.5, 0.6) is 5.75 Å². The first kappa shape index (κ1) is 30.8. The second-order valence-electron chi connectivity index (χ2n) is 10.5. The minimum atomic E-state index is -3.98. The second-order valence-corrected chi connectivity index (χ2v) is 12.1. The minimum absolute atomic E-state index is 0.0981. The number of likely N-dealkylation sites (N-methyl/N-ethyl adjacent to an activating group) is 1. The van der Waals surface area contributed by atoms with E-state index in [-0.39, 0.29) is 48.7 Å². The van der Waals surface area contributed by atoms with E-state index in [0.717, 1.165) is 0 Å². The highest BCUT2D eigenvalue weighted by atomic mass is 32.2. The monoisotopic (exact) mass is 602 g/mol. The molecule has 1 aromatic heterocycles. The number of benzene rings is 2. The summed E-state index contributed by atoms with van der Waals surface area (Å²) in [7, 11) is -0.730. The van der Waals surface area contributed by atoms with E-state index in [2.05, 4.69) is 15.0 Å². The predicted octanol–water partition coefficient (Wildman–Crippen LogP) is 2.67. The number of sulfonamides is 1. The van der Waals surface area contributed by atoms with E-state index in [1.165, 1.54) is 58.4 Å². The third-order valence-electron chi connectivity index (χ3n) is 7.02. The average molecular weight is 603 g/mol. The number of aromatic nitrogens is 2. The lowest BCUT2D eigenvalue weighted by molar-refractivity contribution is -0.134. The van der Waals surface area contributed by atoms with Gasteiger partial charge in [-0.15, -0.1) is 0 Å². The lowest BCUT2D eigenvalue weighted by Crippen LogP contribution is -2.48. The maximum atomic E-state index is 13.4. The van der Waals surface area contributed by atoms with Gasteiger partial charge in [-0.3, -0.25) is 9.52 Å². The lowest BCUT2D eigenvalue weighted by atomic mass is 10.0. The maximum absolute atomic E-state index is 13.4. The summed E-state index contributed by atoms with van der Waals surface area (Å²) in [5.41, 5.74) is 1.09. The zero-order chi connectivity index (χ0) is 30.6. The minimum Gasteiger partial charge on any atom is -0.488 e. The van der Waals surface area contributed by atoms with Gasteiger partial charge < -0.3 is 29.5 Å². The zero-order valence-electron chi connectivity index (χ0n) is 23.8. The number of imidazole rings is 1. The molecule has 1 aliphatic rings. The first-order valence-corrected chi connectivity index (χ1v) is 14.8. The first-order chi connectivity index (χ1) is 19.9. The number of aryl methyl sites for hydroxylation is 1. The number of aliphatic hydroxyl groups is 1. The van der Waals surface area contributed by atoms with Crippen LogP contribution in [-0.4, -0.2) is 83.7 Å². The first-order valence-electron chi connectivity index (χ1n) is 13.3. The molecule has 4 rings (SSSR count). The zero-order valence-corrected chi connectivity index (χ0v) is 24.6. The fraction of sp³-hybridized carbons (Fsp3) is 0.393. The van der Waals surface area contributed by atoms with Gasteiger partial charge >= 0.3 is 6.03 Å². The predicted molar refractivity (Wildman–Crippen MR) is 154 cm³/mol. The number of carbonyl (C=O) groups excluding carboxylic acids is 2. The van der Waals surface area contributed by atoms with Gasteiger partial charge in [0.25, 0.3) is 10.0 Å². The summed E-state index contributed by atoms with van der Waals surface area (Å²) in [6.45, 7) is 3.77. The number of amides is 3. The molecule has 2 aromatic carbocycles. The van der Waals surface area contributed by atoms with Crippen LogP contribution in [-0.2, 0) is 28.3 Å². The number of urea groups is 1. The van der Waals surface area contributed by atoms with E-state index in [9.17, 15) is 27.5 Å². The van der Waals surface area contributed by atoms with Crippen LogP contribution < -0.4 is 14.8 Å². The number of nitrogens with one attached hydrogen (secondary N) is 2. The standard InChI is InChI=1S/C28H35FN6O6S/c1-18-13-35(19(2)16-36)27(37)12-20-11-23(32-42(39,40)26-15-33(3)17-30-26)9-10-24(20)41-25(18)14-34(4)28(38)31-22-7-5-21(29)6-8-22/h5-11,15,17-19,25,32,36H,12-14,16H2,1-4H3,(H,31,38)/t18-,19+,25+/m0/s1. The summed E-state index contributed by atoms with van der Waals surface area (Å²) in [5, 5.41) is 12.4. The molecular formula is C28H35FN6O6S. The number of halogens is 1. The van der Waals surface area contributed by atoms with Crippen molar-refractivity contribution in [1.29, 1.82) is 0 Å². The van der Waals surface area contributed by atoms with Crippen LogP contribution >= 0.6 is 0 Å². The molecule has 0 bridgehead atoms. The van der Waals surface area contributed by atoms with Crippen molar-refractivity contribution in [2.45, 2.75) is 37.4 Å². The Morgan fingerprint density at radius 1 is 1.24 bits per heavy atom. The number of carbonyl (C=O) groups is 2. The van der Waals surface area contributed by atoms with Gasteiger partial charge in [0.1, 0.15) is 17.7 Å². The number of rotatable bonds is 8. The van der Waals surface area contributed by atoms with E-state index in [1.54, 1.807) is 32.0 Å². The van der Waals surface area contributed by atoms with Gasteiger partial charge in [0.2, 0.25) is 5.91 Å². The molecule has 12 nitrogen and oxygen atoms in total. The molecule has 3 aromatic rings. The third kappa shape index (κ3) is 7.36. The quantitative estimate of drug-likeness (QED) is 0.359. The van der Waals surface area contributed by atoms with Crippen LogP contribution in [0.2, 0.25) is 0 Å². The Morgan fingerprint density at radius 3 is 2.57 bits per heavy atom. The molecule has 14 heteroatoms. The van der Waals surface area contributed by atoms with Crippen LogP contribution in [0.25, 0.3) is 0 Å². The van der Waals surface area contributed by atoms with Crippen LogP contribution in [0, 0.1) is 11.7 Å². The molecule has 0 spiro atoms. The van der Waals surface area contributed by atoms with Crippen molar-refractivity contribution in [3.05, 3.63) is 66.4 Å². The van der Waals surface area contributed by atoms with Crippen molar-refractivity contribution in [1.82, 2.24) is 19.4 Å². The number of aliphatic hydroxyl groups excluding tert-OH is 1. The van der Waals surface area contributed by atoms with Crippen LogP contribution in [0.4, 0.5) is 20.6 Å². The molecule has 0 radical (unpaired) electrons. The number of ether oxygens (including phenoxy) is 1. The third-order valence-corrected chi connectivity index (χ3v) is 8.29. The fourth-order valence-corrected chi connectivity index (χ4v) is 5.58. The summed E-state index contributed by atoms with van der Waals surface area (Å²) in [4.78, 5) is 33.2. The molecule has 0 aliphatic carbocycles. The SMILES string of the molecule is C[C@H](CO)N1C[C@H](C)[C@@H](CN(C)C(=O)Nc2ccc(F)cc2)Oc2ccc(NS(=O)(=O)c3cn(C)cn3)cc2CC1=O. The van der Waals surface area contributed by atoms with Gasteiger partial charge in [0.15, 0.2) is 5.03 Å². The highest BCUT2D eigenvalue weighted by molar-refractivity contribution is 7.92. The normalized spacial score (nSPS) is 18.1. The van der Waals surface area contributed by atoms with Crippen LogP contribution in [0.1, 0.15) is 19.4 Å². The molecule has 42 heavy (non-hydrogen) atoms. The van der Waals surface area contributed by atoms with Gasteiger partial charge in [-0.2, -0.15) is 8.42 Å². The molecule has 1 aliphatic heterocycles. The van der Waals surface area contributed by atoms with E-state index >= 15 is 0 Å². The van der Waals surface area contributed by atoms with E-state index in [4.69, 9.17) is 4.74 Å². The second kappa shape index (κ2) is 12.8. The van der Waals surface area contributed by atoms with Gasteiger partial charge in [-0.05, 0) is 49.4 Å². The molecule has 0 saturated heterocycles. The van der Waals surface area contributed by atoms with Crippen molar-refractivity contribution >= 4 is 33.3 Å².